The highest BCUT2D eigenvalue weighted by Gasteiger charge is 2.36. The molecule has 19 heavy (non-hydrogen) atoms. The van der Waals surface area contributed by atoms with Crippen LogP contribution < -0.4 is 10.6 Å². The molecule has 1 fully saturated rings. The zero-order valence-electron chi connectivity index (χ0n) is 11.5. The summed E-state index contributed by atoms with van der Waals surface area (Å²) in [7, 11) is 1.54. The van der Waals surface area contributed by atoms with Gasteiger partial charge in [-0.1, -0.05) is 13.8 Å². The number of rotatable bonds is 3. The molecule has 1 aromatic heterocycles. The van der Waals surface area contributed by atoms with Gasteiger partial charge in [0, 0.05) is 19.3 Å². The van der Waals surface area contributed by atoms with Gasteiger partial charge in [-0.15, -0.1) is 0 Å². The lowest BCUT2D eigenvalue weighted by Crippen LogP contribution is -2.48. The predicted octanol–water partition coefficient (Wildman–Crippen LogP) is 1.36. The second-order valence-corrected chi connectivity index (χ2v) is 5.75. The first-order chi connectivity index (χ1) is 8.91. The van der Waals surface area contributed by atoms with Crippen molar-refractivity contribution in [1.29, 1.82) is 0 Å². The average molecular weight is 261 g/mol. The minimum Gasteiger partial charge on any atom is -0.354 e. The van der Waals surface area contributed by atoms with E-state index in [1.165, 1.54) is 6.20 Å². The van der Waals surface area contributed by atoms with Crippen LogP contribution in [0, 0.1) is 5.41 Å². The van der Waals surface area contributed by atoms with Gasteiger partial charge in [0.1, 0.15) is 5.69 Å². The van der Waals surface area contributed by atoms with Gasteiger partial charge >= 0.3 is 0 Å². The molecule has 0 atom stereocenters. The Bertz CT molecular complexity index is 486. The Morgan fingerprint density at radius 3 is 2.42 bits per heavy atom. The van der Waals surface area contributed by atoms with Crippen LogP contribution in [0.3, 0.4) is 0 Å². The largest absolute Gasteiger partial charge is 0.354 e. The standard InChI is InChI=1S/C14H19N3O2/c1-14(2)6-10(7-14)17-12(18)9-4-5-11(16-8-9)13(19)15-3/h4-5,8,10H,6-7H2,1-3H3,(H,15,19)(H,17,18). The molecule has 2 rings (SSSR count). The van der Waals surface area contributed by atoms with E-state index in [1.807, 2.05) is 0 Å². The topological polar surface area (TPSA) is 71.1 Å². The lowest BCUT2D eigenvalue weighted by molar-refractivity contribution is 0.0801. The Labute approximate surface area is 112 Å². The van der Waals surface area contributed by atoms with Crippen molar-refractivity contribution in [3.63, 3.8) is 0 Å². The lowest BCUT2D eigenvalue weighted by atomic mass is 9.68. The molecule has 0 saturated heterocycles. The number of hydrogen-bond donors (Lipinski definition) is 2. The second kappa shape index (κ2) is 4.99. The minimum absolute atomic E-state index is 0.128. The van der Waals surface area contributed by atoms with E-state index in [1.54, 1.807) is 19.2 Å². The monoisotopic (exact) mass is 261 g/mol. The van der Waals surface area contributed by atoms with Crippen molar-refractivity contribution >= 4 is 11.8 Å². The van der Waals surface area contributed by atoms with Gasteiger partial charge in [-0.2, -0.15) is 0 Å². The Kier molecular flexibility index (Phi) is 3.55. The highest BCUT2D eigenvalue weighted by atomic mass is 16.2. The molecule has 2 N–H and O–H groups in total. The molecule has 5 heteroatoms. The van der Waals surface area contributed by atoms with E-state index in [9.17, 15) is 9.59 Å². The van der Waals surface area contributed by atoms with Gasteiger partial charge in [0.25, 0.3) is 11.8 Å². The van der Waals surface area contributed by atoms with E-state index >= 15 is 0 Å². The van der Waals surface area contributed by atoms with Crippen molar-refractivity contribution < 1.29 is 9.59 Å². The van der Waals surface area contributed by atoms with Crippen LogP contribution in [0.2, 0.25) is 0 Å². The van der Waals surface area contributed by atoms with Crippen LogP contribution in [0.4, 0.5) is 0 Å². The zero-order valence-corrected chi connectivity index (χ0v) is 11.5. The molecule has 0 bridgehead atoms. The first-order valence-corrected chi connectivity index (χ1v) is 6.40. The Hall–Kier alpha value is -1.91. The number of hydrogen-bond acceptors (Lipinski definition) is 3. The fourth-order valence-corrected chi connectivity index (χ4v) is 2.44. The number of amides is 2. The van der Waals surface area contributed by atoms with Gasteiger partial charge in [0.05, 0.1) is 5.56 Å². The smallest absolute Gasteiger partial charge is 0.269 e. The molecule has 5 nitrogen and oxygen atoms in total. The van der Waals surface area contributed by atoms with E-state index in [-0.39, 0.29) is 17.9 Å². The van der Waals surface area contributed by atoms with Crippen LogP contribution in [-0.2, 0) is 0 Å². The number of aromatic nitrogens is 1. The summed E-state index contributed by atoms with van der Waals surface area (Å²) in [6.07, 6.45) is 3.44. The Morgan fingerprint density at radius 1 is 1.26 bits per heavy atom. The third-order valence-corrected chi connectivity index (χ3v) is 3.42. The van der Waals surface area contributed by atoms with Gasteiger partial charge in [-0.25, -0.2) is 0 Å². The lowest BCUT2D eigenvalue weighted by Gasteiger charge is -2.42. The maximum atomic E-state index is 12.0. The van der Waals surface area contributed by atoms with Gasteiger partial charge in [-0.3, -0.25) is 14.6 Å². The van der Waals surface area contributed by atoms with Crippen molar-refractivity contribution in [3.05, 3.63) is 29.6 Å². The van der Waals surface area contributed by atoms with Crippen molar-refractivity contribution in [2.75, 3.05) is 7.05 Å². The molecule has 1 aliphatic rings. The van der Waals surface area contributed by atoms with Gasteiger partial charge in [-0.05, 0) is 30.4 Å². The average Bonchev–Trinajstić information content (AvgIpc) is 2.35. The summed E-state index contributed by atoms with van der Waals surface area (Å²) >= 11 is 0. The van der Waals surface area contributed by atoms with Crippen LogP contribution in [0.25, 0.3) is 0 Å². The van der Waals surface area contributed by atoms with E-state index in [0.29, 0.717) is 16.7 Å². The summed E-state index contributed by atoms with van der Waals surface area (Å²) in [5.74, 6) is -0.385. The summed E-state index contributed by atoms with van der Waals surface area (Å²) in [6.45, 7) is 4.38. The molecule has 2 amide bonds. The van der Waals surface area contributed by atoms with Crippen LogP contribution >= 0.6 is 0 Å². The number of carbonyl (C=O) groups is 2. The first kappa shape index (κ1) is 13.5. The maximum absolute atomic E-state index is 12.0. The van der Waals surface area contributed by atoms with Gasteiger partial charge in [0.15, 0.2) is 0 Å². The summed E-state index contributed by atoms with van der Waals surface area (Å²) in [5, 5.41) is 5.46. The maximum Gasteiger partial charge on any atom is 0.269 e. The van der Waals surface area contributed by atoms with E-state index in [4.69, 9.17) is 0 Å². The Morgan fingerprint density at radius 2 is 1.95 bits per heavy atom. The van der Waals surface area contributed by atoms with Crippen molar-refractivity contribution in [3.8, 4) is 0 Å². The summed E-state index contributed by atoms with van der Waals surface area (Å²) < 4.78 is 0. The molecule has 0 radical (unpaired) electrons. The second-order valence-electron chi connectivity index (χ2n) is 5.75. The highest BCUT2D eigenvalue weighted by Crippen LogP contribution is 2.39. The first-order valence-electron chi connectivity index (χ1n) is 6.40. The predicted molar refractivity (Wildman–Crippen MR) is 71.9 cm³/mol. The van der Waals surface area contributed by atoms with Crippen LogP contribution in [-0.4, -0.2) is 29.9 Å². The normalized spacial score (nSPS) is 17.4. The fraction of sp³-hybridized carbons (Fsp3) is 0.500. The third-order valence-electron chi connectivity index (χ3n) is 3.42. The van der Waals surface area contributed by atoms with Gasteiger partial charge in [0.2, 0.25) is 0 Å². The van der Waals surface area contributed by atoms with E-state index in [2.05, 4.69) is 29.5 Å². The van der Waals surface area contributed by atoms with Crippen molar-refractivity contribution in [2.45, 2.75) is 32.7 Å². The quantitative estimate of drug-likeness (QED) is 0.863. The van der Waals surface area contributed by atoms with E-state index < -0.39 is 0 Å². The minimum atomic E-state index is -0.257. The van der Waals surface area contributed by atoms with Crippen molar-refractivity contribution in [1.82, 2.24) is 15.6 Å². The molecule has 0 aliphatic heterocycles. The molecule has 1 heterocycles. The Balaban J connectivity index is 1.95. The number of carbonyl (C=O) groups excluding carboxylic acids is 2. The molecular weight excluding hydrogens is 242 g/mol. The zero-order chi connectivity index (χ0) is 14.0. The molecule has 102 valence electrons. The third kappa shape index (κ3) is 3.10. The molecule has 0 spiro atoms. The molecule has 0 aromatic carbocycles. The van der Waals surface area contributed by atoms with E-state index in [0.717, 1.165) is 12.8 Å². The number of pyridine rings is 1. The molecule has 1 aromatic rings. The van der Waals surface area contributed by atoms with Crippen LogP contribution in [0.1, 0.15) is 47.5 Å². The number of nitrogens with one attached hydrogen (secondary N) is 2. The van der Waals surface area contributed by atoms with Crippen LogP contribution in [0.15, 0.2) is 18.3 Å². The molecule has 1 aliphatic carbocycles. The molecular formula is C14H19N3O2. The number of nitrogens with zero attached hydrogens (tertiary/aromatic N) is 1. The van der Waals surface area contributed by atoms with Crippen molar-refractivity contribution in [2.24, 2.45) is 5.41 Å². The fourth-order valence-electron chi connectivity index (χ4n) is 2.44. The van der Waals surface area contributed by atoms with Crippen LogP contribution in [0.5, 0.6) is 0 Å². The van der Waals surface area contributed by atoms with Gasteiger partial charge < -0.3 is 10.6 Å². The summed E-state index contributed by atoms with van der Waals surface area (Å²) in [6, 6.07) is 3.43. The molecule has 1 saturated carbocycles. The summed E-state index contributed by atoms with van der Waals surface area (Å²) in [4.78, 5) is 27.3. The molecule has 0 unspecified atom stereocenters. The summed E-state index contributed by atoms with van der Waals surface area (Å²) in [5.41, 5.74) is 1.13. The highest BCUT2D eigenvalue weighted by molar-refractivity contribution is 5.96. The SMILES string of the molecule is CNC(=O)c1ccc(C(=O)NC2CC(C)(C)C2)cn1.